The summed E-state index contributed by atoms with van der Waals surface area (Å²) in [5.74, 6) is 1.87. The number of rotatable bonds is 9. The van der Waals surface area contributed by atoms with E-state index in [4.69, 9.17) is 9.72 Å². The normalized spacial score (nSPS) is 10.9. The van der Waals surface area contributed by atoms with E-state index < -0.39 is 0 Å². The molecule has 0 fully saturated rings. The lowest BCUT2D eigenvalue weighted by Gasteiger charge is -2.12. The Hall–Kier alpha value is -3.60. The van der Waals surface area contributed by atoms with Crippen LogP contribution in [0.2, 0.25) is 0 Å². The van der Waals surface area contributed by atoms with Gasteiger partial charge >= 0.3 is 0 Å². The number of imidazole rings is 1. The molecule has 0 atom stereocenters. The van der Waals surface area contributed by atoms with Gasteiger partial charge in [0.2, 0.25) is 5.91 Å². The zero-order chi connectivity index (χ0) is 22.3. The maximum absolute atomic E-state index is 12.3. The third kappa shape index (κ3) is 5.55. The van der Waals surface area contributed by atoms with Crippen molar-refractivity contribution in [3.8, 4) is 5.75 Å². The molecule has 4 aromatic rings. The molecular weight excluding hydrogens is 398 g/mol. The molecule has 0 saturated heterocycles. The fraction of sp³-hybridized carbons (Fsp3) is 0.259. The van der Waals surface area contributed by atoms with Crippen molar-refractivity contribution in [1.29, 1.82) is 0 Å². The topological polar surface area (TPSA) is 56.1 Å². The fourth-order valence-corrected chi connectivity index (χ4v) is 3.99. The van der Waals surface area contributed by atoms with Crippen molar-refractivity contribution in [3.05, 3.63) is 95.3 Å². The molecule has 0 radical (unpaired) electrons. The molecular formula is C27H29N3O2. The molecule has 0 aliphatic heterocycles. The molecule has 3 aromatic carbocycles. The largest absolute Gasteiger partial charge is 0.492 e. The van der Waals surface area contributed by atoms with Crippen molar-refractivity contribution in [2.75, 3.05) is 13.2 Å². The average Bonchev–Trinajstić information content (AvgIpc) is 3.11. The second kappa shape index (κ2) is 10.1. The van der Waals surface area contributed by atoms with Crippen LogP contribution in [0.15, 0.2) is 72.8 Å². The highest BCUT2D eigenvalue weighted by Gasteiger charge is 2.11. The summed E-state index contributed by atoms with van der Waals surface area (Å²) < 4.78 is 8.23. The summed E-state index contributed by atoms with van der Waals surface area (Å²) in [6.45, 7) is 5.95. The van der Waals surface area contributed by atoms with Crippen LogP contribution in [0.5, 0.6) is 5.75 Å². The molecule has 1 aromatic heterocycles. The molecule has 32 heavy (non-hydrogen) atoms. The predicted octanol–water partition coefficient (Wildman–Crippen LogP) is 4.63. The Morgan fingerprint density at radius 1 is 0.969 bits per heavy atom. The number of aryl methyl sites for hydroxylation is 2. The van der Waals surface area contributed by atoms with E-state index in [1.54, 1.807) is 0 Å². The van der Waals surface area contributed by atoms with Crippen molar-refractivity contribution >= 4 is 16.9 Å². The minimum absolute atomic E-state index is 0.0250. The molecule has 0 bridgehead atoms. The summed E-state index contributed by atoms with van der Waals surface area (Å²) in [5, 5.41) is 3.02. The third-order valence-electron chi connectivity index (χ3n) is 5.39. The zero-order valence-electron chi connectivity index (χ0n) is 18.7. The summed E-state index contributed by atoms with van der Waals surface area (Å²) in [6.07, 6.45) is 1.06. The number of para-hydroxylation sites is 2. The molecule has 5 nitrogen and oxygen atoms in total. The number of hydrogen-bond acceptors (Lipinski definition) is 3. The lowest BCUT2D eigenvalue weighted by Crippen LogP contribution is -2.28. The third-order valence-corrected chi connectivity index (χ3v) is 5.39. The van der Waals surface area contributed by atoms with Crippen molar-refractivity contribution in [2.24, 2.45) is 0 Å². The molecule has 4 rings (SSSR count). The van der Waals surface area contributed by atoms with E-state index in [2.05, 4.69) is 48.0 Å². The Morgan fingerprint density at radius 3 is 2.47 bits per heavy atom. The molecule has 0 unspecified atom stereocenters. The Morgan fingerprint density at radius 2 is 1.69 bits per heavy atom. The predicted molar refractivity (Wildman–Crippen MR) is 128 cm³/mol. The first-order valence-corrected chi connectivity index (χ1v) is 11.0. The SMILES string of the molecule is Cc1cc(C)cc(OCCn2c(CCNC(=O)Cc3ccccc3)nc3ccccc32)c1. The molecule has 0 aliphatic rings. The van der Waals surface area contributed by atoms with E-state index in [0.717, 1.165) is 28.2 Å². The molecule has 1 amide bonds. The lowest BCUT2D eigenvalue weighted by molar-refractivity contribution is -0.120. The number of amides is 1. The van der Waals surface area contributed by atoms with E-state index in [0.29, 0.717) is 32.5 Å². The number of nitrogens with one attached hydrogen (secondary N) is 1. The Labute approximate surface area is 189 Å². The van der Waals surface area contributed by atoms with Crippen molar-refractivity contribution in [2.45, 2.75) is 33.2 Å². The summed E-state index contributed by atoms with van der Waals surface area (Å²) >= 11 is 0. The number of aromatic nitrogens is 2. The summed E-state index contributed by atoms with van der Waals surface area (Å²) in [7, 11) is 0. The molecule has 1 heterocycles. The van der Waals surface area contributed by atoms with Gasteiger partial charge in [-0.05, 0) is 54.8 Å². The van der Waals surface area contributed by atoms with Gasteiger partial charge in [-0.25, -0.2) is 4.98 Å². The first kappa shape index (κ1) is 21.6. The minimum Gasteiger partial charge on any atom is -0.492 e. The number of fused-ring (bicyclic) bond motifs is 1. The summed E-state index contributed by atoms with van der Waals surface area (Å²) in [6, 6.07) is 24.2. The number of ether oxygens (including phenoxy) is 1. The number of hydrogen-bond donors (Lipinski definition) is 1. The maximum atomic E-state index is 12.3. The van der Waals surface area contributed by atoms with Crippen LogP contribution < -0.4 is 10.1 Å². The number of carbonyl (C=O) groups excluding carboxylic acids is 1. The minimum atomic E-state index is 0.0250. The monoisotopic (exact) mass is 427 g/mol. The summed E-state index contributed by atoms with van der Waals surface area (Å²) in [5.41, 5.74) is 5.45. The van der Waals surface area contributed by atoms with Crippen LogP contribution in [0.1, 0.15) is 22.5 Å². The highest BCUT2D eigenvalue weighted by Crippen LogP contribution is 2.19. The van der Waals surface area contributed by atoms with Gasteiger partial charge in [-0.2, -0.15) is 0 Å². The van der Waals surface area contributed by atoms with Crippen LogP contribution in [0.4, 0.5) is 0 Å². The first-order chi connectivity index (χ1) is 15.6. The molecule has 5 heteroatoms. The average molecular weight is 428 g/mol. The Kier molecular flexibility index (Phi) is 6.85. The smallest absolute Gasteiger partial charge is 0.224 e. The van der Waals surface area contributed by atoms with E-state index in [1.165, 1.54) is 11.1 Å². The van der Waals surface area contributed by atoms with Gasteiger partial charge in [-0.3, -0.25) is 4.79 Å². The van der Waals surface area contributed by atoms with Crippen LogP contribution in [0.3, 0.4) is 0 Å². The summed E-state index contributed by atoms with van der Waals surface area (Å²) in [4.78, 5) is 17.1. The van der Waals surface area contributed by atoms with Crippen LogP contribution >= 0.6 is 0 Å². The Balaban J connectivity index is 1.39. The molecule has 1 N–H and O–H groups in total. The molecule has 164 valence electrons. The van der Waals surface area contributed by atoms with Crippen molar-refractivity contribution in [3.63, 3.8) is 0 Å². The van der Waals surface area contributed by atoms with E-state index >= 15 is 0 Å². The van der Waals surface area contributed by atoms with Gasteiger partial charge in [-0.15, -0.1) is 0 Å². The quantitative estimate of drug-likeness (QED) is 0.424. The van der Waals surface area contributed by atoms with Crippen LogP contribution in [-0.2, 0) is 24.2 Å². The molecule has 0 spiro atoms. The lowest BCUT2D eigenvalue weighted by atomic mass is 10.1. The van der Waals surface area contributed by atoms with Gasteiger partial charge < -0.3 is 14.6 Å². The fourth-order valence-electron chi connectivity index (χ4n) is 3.99. The number of benzene rings is 3. The van der Waals surface area contributed by atoms with Crippen LogP contribution in [0.25, 0.3) is 11.0 Å². The van der Waals surface area contributed by atoms with Crippen LogP contribution in [-0.4, -0.2) is 28.6 Å². The molecule has 0 aliphatic carbocycles. The number of carbonyl (C=O) groups is 1. The van der Waals surface area contributed by atoms with E-state index in [1.807, 2.05) is 48.5 Å². The zero-order valence-corrected chi connectivity index (χ0v) is 18.7. The second-order valence-corrected chi connectivity index (χ2v) is 8.10. The van der Waals surface area contributed by atoms with Gasteiger partial charge in [0.05, 0.1) is 24.0 Å². The van der Waals surface area contributed by atoms with Gasteiger partial charge in [-0.1, -0.05) is 48.5 Å². The highest BCUT2D eigenvalue weighted by molar-refractivity contribution is 5.78. The van der Waals surface area contributed by atoms with Gasteiger partial charge in [0.25, 0.3) is 0 Å². The van der Waals surface area contributed by atoms with Gasteiger partial charge in [0.15, 0.2) is 0 Å². The van der Waals surface area contributed by atoms with E-state index in [9.17, 15) is 4.79 Å². The standard InChI is InChI=1S/C27H29N3O2/c1-20-16-21(2)18-23(17-20)32-15-14-30-25-11-7-6-10-24(25)29-26(30)12-13-28-27(31)19-22-8-4-3-5-9-22/h3-11,16-18H,12-15,19H2,1-2H3,(H,28,31). The van der Waals surface area contributed by atoms with Gasteiger partial charge in [0, 0.05) is 13.0 Å². The van der Waals surface area contributed by atoms with Crippen molar-refractivity contribution in [1.82, 2.24) is 14.9 Å². The maximum Gasteiger partial charge on any atom is 0.224 e. The highest BCUT2D eigenvalue weighted by atomic mass is 16.5. The molecule has 0 saturated carbocycles. The van der Waals surface area contributed by atoms with Crippen molar-refractivity contribution < 1.29 is 9.53 Å². The number of nitrogens with zero attached hydrogens (tertiary/aromatic N) is 2. The van der Waals surface area contributed by atoms with E-state index in [-0.39, 0.29) is 5.91 Å². The second-order valence-electron chi connectivity index (χ2n) is 8.10. The first-order valence-electron chi connectivity index (χ1n) is 11.0. The van der Waals surface area contributed by atoms with Crippen LogP contribution in [0, 0.1) is 13.8 Å². The Bertz CT molecular complexity index is 1180. The van der Waals surface area contributed by atoms with Gasteiger partial charge in [0.1, 0.15) is 18.2 Å².